The summed E-state index contributed by atoms with van der Waals surface area (Å²) in [7, 11) is 0. The van der Waals surface area contributed by atoms with E-state index in [2.05, 4.69) is 20.9 Å². The summed E-state index contributed by atoms with van der Waals surface area (Å²) in [6.07, 6.45) is 0.364. The first-order chi connectivity index (χ1) is 12.8. The Hall–Kier alpha value is -1.55. The van der Waals surface area contributed by atoms with Crippen molar-refractivity contribution in [3.8, 4) is 0 Å². The Bertz CT molecular complexity index is 577. The van der Waals surface area contributed by atoms with Crippen LogP contribution >= 0.6 is 24.0 Å². The summed E-state index contributed by atoms with van der Waals surface area (Å²) >= 11 is 0. The molecule has 0 saturated heterocycles. The Labute approximate surface area is 185 Å². The van der Waals surface area contributed by atoms with E-state index in [1.165, 1.54) is 0 Å². The average molecular weight is 506 g/mol. The molecule has 1 aromatic rings. The van der Waals surface area contributed by atoms with Gasteiger partial charge in [-0.1, -0.05) is 30.3 Å². The van der Waals surface area contributed by atoms with E-state index >= 15 is 0 Å². The number of amides is 1. The summed E-state index contributed by atoms with van der Waals surface area (Å²) in [5.41, 5.74) is 0.597. The number of hydrogen-bond donors (Lipinski definition) is 4. The molecule has 0 aromatic heterocycles. The zero-order valence-electron chi connectivity index (χ0n) is 17.3. The van der Waals surface area contributed by atoms with E-state index in [9.17, 15) is 9.90 Å². The maximum atomic E-state index is 11.6. The normalized spacial score (nSPS) is 12.5. The quantitative estimate of drug-likeness (QED) is 0.179. The predicted molar refractivity (Wildman–Crippen MR) is 124 cm³/mol. The summed E-state index contributed by atoms with van der Waals surface area (Å²) in [4.78, 5) is 16.0. The van der Waals surface area contributed by atoms with Crippen molar-refractivity contribution in [2.45, 2.75) is 52.2 Å². The third-order valence-electron chi connectivity index (χ3n) is 3.43. The summed E-state index contributed by atoms with van der Waals surface area (Å²) in [5.74, 6) is 0.655. The highest BCUT2D eigenvalue weighted by Gasteiger charge is 2.15. The van der Waals surface area contributed by atoms with Gasteiger partial charge in [-0.2, -0.15) is 0 Å². The third kappa shape index (κ3) is 13.6. The van der Waals surface area contributed by atoms with Crippen molar-refractivity contribution < 1.29 is 14.6 Å². The first kappa shape index (κ1) is 26.4. The van der Waals surface area contributed by atoms with Crippen LogP contribution in [-0.4, -0.2) is 55.0 Å². The van der Waals surface area contributed by atoms with Gasteiger partial charge >= 0.3 is 6.09 Å². The van der Waals surface area contributed by atoms with Gasteiger partial charge in [-0.25, -0.2) is 4.79 Å². The SMILES string of the molecule is CCNC(=NCC(O)Cc1ccccc1)NCCCNC(=O)OC(C)(C)C.I. The molecule has 7 nitrogen and oxygen atoms in total. The molecule has 0 aliphatic carbocycles. The Morgan fingerprint density at radius 2 is 1.79 bits per heavy atom. The van der Waals surface area contributed by atoms with Crippen LogP contribution in [0.4, 0.5) is 4.79 Å². The molecule has 0 saturated carbocycles. The van der Waals surface area contributed by atoms with Crippen LogP contribution < -0.4 is 16.0 Å². The highest BCUT2D eigenvalue weighted by atomic mass is 127. The van der Waals surface area contributed by atoms with Crippen LogP contribution in [0.5, 0.6) is 0 Å². The van der Waals surface area contributed by atoms with Gasteiger partial charge in [0.15, 0.2) is 5.96 Å². The topological polar surface area (TPSA) is 95.0 Å². The molecule has 1 atom stereocenters. The molecule has 0 radical (unpaired) electrons. The van der Waals surface area contributed by atoms with Crippen LogP contribution in [0.3, 0.4) is 0 Å². The lowest BCUT2D eigenvalue weighted by Gasteiger charge is -2.19. The number of carbonyl (C=O) groups excluding carboxylic acids is 1. The zero-order chi connectivity index (χ0) is 20.1. The second-order valence-corrected chi connectivity index (χ2v) is 7.27. The van der Waals surface area contributed by atoms with E-state index in [4.69, 9.17) is 4.74 Å². The van der Waals surface area contributed by atoms with E-state index in [1.807, 2.05) is 58.0 Å². The molecule has 0 heterocycles. The van der Waals surface area contributed by atoms with Crippen molar-refractivity contribution in [1.29, 1.82) is 0 Å². The standard InChI is InChI=1S/C20H34N4O3.HI/c1-5-21-18(22-12-9-13-23-19(26)27-20(2,3)4)24-15-17(25)14-16-10-7-6-8-11-16;/h6-8,10-11,17,25H,5,9,12-15H2,1-4H3,(H,23,26)(H2,21,22,24);1H. The molecular weight excluding hydrogens is 471 g/mol. The molecule has 1 amide bonds. The van der Waals surface area contributed by atoms with Gasteiger partial charge in [0.1, 0.15) is 5.60 Å². The second-order valence-electron chi connectivity index (χ2n) is 7.27. The molecule has 1 aromatic carbocycles. The van der Waals surface area contributed by atoms with Crippen molar-refractivity contribution in [1.82, 2.24) is 16.0 Å². The number of nitrogens with zero attached hydrogens (tertiary/aromatic N) is 1. The van der Waals surface area contributed by atoms with Crippen LogP contribution in [0.2, 0.25) is 0 Å². The molecular formula is C20H35IN4O3. The van der Waals surface area contributed by atoms with Gasteiger partial charge in [0.2, 0.25) is 0 Å². The van der Waals surface area contributed by atoms with Crippen molar-refractivity contribution in [3.63, 3.8) is 0 Å². The molecule has 0 aliphatic heterocycles. The fourth-order valence-corrected chi connectivity index (χ4v) is 2.29. The van der Waals surface area contributed by atoms with Crippen molar-refractivity contribution >= 4 is 36.0 Å². The monoisotopic (exact) mass is 506 g/mol. The van der Waals surface area contributed by atoms with Gasteiger partial charge in [-0.15, -0.1) is 24.0 Å². The molecule has 1 rings (SSSR count). The van der Waals surface area contributed by atoms with E-state index < -0.39 is 17.8 Å². The zero-order valence-corrected chi connectivity index (χ0v) is 19.7. The number of ether oxygens (including phenoxy) is 1. The van der Waals surface area contributed by atoms with Crippen molar-refractivity contribution in [2.75, 3.05) is 26.2 Å². The fraction of sp³-hybridized carbons (Fsp3) is 0.600. The van der Waals surface area contributed by atoms with E-state index in [0.717, 1.165) is 18.5 Å². The molecule has 28 heavy (non-hydrogen) atoms. The number of alkyl carbamates (subject to hydrolysis) is 1. The summed E-state index contributed by atoms with van der Waals surface area (Å²) in [6.45, 7) is 9.70. The maximum absolute atomic E-state index is 11.6. The Morgan fingerprint density at radius 1 is 1.14 bits per heavy atom. The summed E-state index contributed by atoms with van der Waals surface area (Å²) in [6, 6.07) is 9.87. The molecule has 0 bridgehead atoms. The second kappa shape index (κ2) is 14.4. The molecule has 160 valence electrons. The number of halogens is 1. The number of benzene rings is 1. The van der Waals surface area contributed by atoms with Gasteiger partial charge in [0, 0.05) is 26.1 Å². The maximum Gasteiger partial charge on any atom is 0.407 e. The number of aliphatic hydroxyl groups is 1. The molecule has 1 unspecified atom stereocenters. The Morgan fingerprint density at radius 3 is 2.39 bits per heavy atom. The number of nitrogens with one attached hydrogen (secondary N) is 3. The van der Waals surface area contributed by atoms with Crippen LogP contribution in [-0.2, 0) is 11.2 Å². The number of aliphatic imine (C=N–C) groups is 1. The van der Waals surface area contributed by atoms with E-state index in [-0.39, 0.29) is 24.0 Å². The third-order valence-corrected chi connectivity index (χ3v) is 3.43. The fourth-order valence-electron chi connectivity index (χ4n) is 2.29. The van der Waals surface area contributed by atoms with Crippen LogP contribution in [0, 0.1) is 0 Å². The number of aliphatic hydroxyl groups excluding tert-OH is 1. The van der Waals surface area contributed by atoms with Crippen molar-refractivity contribution in [2.24, 2.45) is 4.99 Å². The lowest BCUT2D eigenvalue weighted by molar-refractivity contribution is 0.0527. The smallest absolute Gasteiger partial charge is 0.407 e. The first-order valence-corrected chi connectivity index (χ1v) is 9.51. The minimum absolute atomic E-state index is 0. The Balaban J connectivity index is 0.00000729. The van der Waals surface area contributed by atoms with Gasteiger partial charge < -0.3 is 25.8 Å². The van der Waals surface area contributed by atoms with Gasteiger partial charge in [0.25, 0.3) is 0 Å². The largest absolute Gasteiger partial charge is 0.444 e. The molecule has 0 spiro atoms. The highest BCUT2D eigenvalue weighted by molar-refractivity contribution is 14.0. The summed E-state index contributed by atoms with van der Waals surface area (Å²) < 4.78 is 5.18. The number of guanidine groups is 1. The number of hydrogen-bond acceptors (Lipinski definition) is 4. The van der Waals surface area contributed by atoms with Crippen LogP contribution in [0.15, 0.2) is 35.3 Å². The predicted octanol–water partition coefficient (Wildman–Crippen LogP) is 2.68. The summed E-state index contributed by atoms with van der Waals surface area (Å²) in [5, 5.41) is 19.2. The first-order valence-electron chi connectivity index (χ1n) is 9.51. The van der Waals surface area contributed by atoms with Gasteiger partial charge in [-0.05, 0) is 39.7 Å². The lowest BCUT2D eigenvalue weighted by atomic mass is 10.1. The molecule has 0 aliphatic rings. The average Bonchev–Trinajstić information content (AvgIpc) is 2.58. The minimum atomic E-state index is -0.531. The van der Waals surface area contributed by atoms with Crippen molar-refractivity contribution in [3.05, 3.63) is 35.9 Å². The van der Waals surface area contributed by atoms with Gasteiger partial charge in [-0.3, -0.25) is 4.99 Å². The molecule has 0 fully saturated rings. The minimum Gasteiger partial charge on any atom is -0.444 e. The molecule has 4 N–H and O–H groups in total. The van der Waals surface area contributed by atoms with Gasteiger partial charge in [0.05, 0.1) is 12.6 Å². The number of carbonyl (C=O) groups is 1. The Kier molecular flexibility index (Phi) is 13.6. The van der Waals surface area contributed by atoms with Crippen LogP contribution in [0.1, 0.15) is 39.7 Å². The number of rotatable bonds is 9. The van der Waals surface area contributed by atoms with Crippen LogP contribution in [0.25, 0.3) is 0 Å². The van der Waals surface area contributed by atoms with E-state index in [0.29, 0.717) is 32.0 Å². The highest BCUT2D eigenvalue weighted by Crippen LogP contribution is 2.06. The molecule has 8 heteroatoms. The lowest BCUT2D eigenvalue weighted by Crippen LogP contribution is -2.39. The van der Waals surface area contributed by atoms with E-state index in [1.54, 1.807) is 0 Å².